The first-order valence-electron chi connectivity index (χ1n) is 7.38. The molecular formula is C16H23F3N2. The molecule has 1 unspecified atom stereocenters. The number of benzene rings is 1. The summed E-state index contributed by atoms with van der Waals surface area (Å²) in [6, 6.07) is 6.48. The van der Waals surface area contributed by atoms with Gasteiger partial charge in [-0.3, -0.25) is 0 Å². The monoisotopic (exact) mass is 300 g/mol. The van der Waals surface area contributed by atoms with Crippen LogP contribution >= 0.6 is 0 Å². The van der Waals surface area contributed by atoms with Gasteiger partial charge in [-0.25, -0.2) is 0 Å². The number of nitrogens with zero attached hydrogens (tertiary/aromatic N) is 1. The number of halogens is 3. The molecule has 0 amide bonds. The molecule has 5 heteroatoms. The molecule has 0 bridgehead atoms. The van der Waals surface area contributed by atoms with Gasteiger partial charge >= 0.3 is 6.18 Å². The zero-order valence-electron chi connectivity index (χ0n) is 12.6. The molecule has 2 rings (SSSR count). The van der Waals surface area contributed by atoms with Gasteiger partial charge in [0.15, 0.2) is 0 Å². The van der Waals surface area contributed by atoms with Crippen molar-refractivity contribution >= 4 is 0 Å². The van der Waals surface area contributed by atoms with E-state index in [0.29, 0.717) is 6.54 Å². The topological polar surface area (TPSA) is 15.3 Å². The Bertz CT molecular complexity index is 437. The highest BCUT2D eigenvalue weighted by Gasteiger charge is 2.43. The van der Waals surface area contributed by atoms with Crippen LogP contribution in [0, 0.1) is 0 Å². The molecular weight excluding hydrogens is 277 g/mol. The average molecular weight is 300 g/mol. The minimum absolute atomic E-state index is 0.154. The maximum atomic E-state index is 13.3. The lowest BCUT2D eigenvalue weighted by atomic mass is 9.95. The summed E-state index contributed by atoms with van der Waals surface area (Å²) >= 11 is 0. The third-order valence-electron chi connectivity index (χ3n) is 4.58. The summed E-state index contributed by atoms with van der Waals surface area (Å²) in [5, 5.41) is 2.77. The molecule has 1 aromatic rings. The Hall–Kier alpha value is -1.07. The SMILES string of the molecule is CN(C)C1(CNC(c2ccccc2)C(F)(F)F)CCCC1. The lowest BCUT2D eigenvalue weighted by Crippen LogP contribution is -2.51. The highest BCUT2D eigenvalue weighted by molar-refractivity contribution is 5.20. The predicted molar refractivity (Wildman–Crippen MR) is 78.1 cm³/mol. The minimum Gasteiger partial charge on any atom is -0.302 e. The molecule has 1 aliphatic carbocycles. The molecule has 0 radical (unpaired) electrons. The van der Waals surface area contributed by atoms with E-state index in [-0.39, 0.29) is 11.1 Å². The van der Waals surface area contributed by atoms with E-state index < -0.39 is 12.2 Å². The van der Waals surface area contributed by atoms with Gasteiger partial charge in [-0.1, -0.05) is 43.2 Å². The van der Waals surface area contributed by atoms with E-state index in [9.17, 15) is 13.2 Å². The lowest BCUT2D eigenvalue weighted by Gasteiger charge is -2.38. The molecule has 0 saturated heterocycles. The Morgan fingerprint density at radius 3 is 2.19 bits per heavy atom. The second-order valence-electron chi connectivity index (χ2n) is 6.09. The van der Waals surface area contributed by atoms with Crippen molar-refractivity contribution < 1.29 is 13.2 Å². The largest absolute Gasteiger partial charge is 0.407 e. The van der Waals surface area contributed by atoms with Crippen molar-refractivity contribution in [2.45, 2.75) is 43.4 Å². The normalized spacial score (nSPS) is 19.9. The van der Waals surface area contributed by atoms with Crippen molar-refractivity contribution in [1.82, 2.24) is 10.2 Å². The van der Waals surface area contributed by atoms with Crippen LogP contribution in [-0.4, -0.2) is 37.3 Å². The van der Waals surface area contributed by atoms with Gasteiger partial charge in [0.2, 0.25) is 0 Å². The van der Waals surface area contributed by atoms with Crippen LogP contribution in [0.4, 0.5) is 13.2 Å². The van der Waals surface area contributed by atoms with Crippen LogP contribution in [0.15, 0.2) is 30.3 Å². The van der Waals surface area contributed by atoms with Crippen LogP contribution < -0.4 is 5.32 Å². The fourth-order valence-electron chi connectivity index (χ4n) is 3.18. The molecule has 1 N–H and O–H groups in total. The summed E-state index contributed by atoms with van der Waals surface area (Å²) in [4.78, 5) is 2.07. The first-order valence-corrected chi connectivity index (χ1v) is 7.38. The van der Waals surface area contributed by atoms with Gasteiger partial charge in [-0.2, -0.15) is 13.2 Å². The zero-order chi connectivity index (χ0) is 15.5. The van der Waals surface area contributed by atoms with E-state index in [1.165, 1.54) is 12.1 Å². The zero-order valence-corrected chi connectivity index (χ0v) is 12.6. The van der Waals surface area contributed by atoms with Crippen molar-refractivity contribution in [2.24, 2.45) is 0 Å². The van der Waals surface area contributed by atoms with Gasteiger partial charge in [0, 0.05) is 12.1 Å². The average Bonchev–Trinajstić information content (AvgIpc) is 2.89. The molecule has 1 atom stereocenters. The summed E-state index contributed by atoms with van der Waals surface area (Å²) in [7, 11) is 3.91. The Labute approximate surface area is 124 Å². The van der Waals surface area contributed by atoms with Crippen LogP contribution in [-0.2, 0) is 0 Å². The molecule has 118 valence electrons. The maximum absolute atomic E-state index is 13.3. The quantitative estimate of drug-likeness (QED) is 0.891. The van der Waals surface area contributed by atoms with E-state index in [1.807, 2.05) is 14.1 Å². The van der Waals surface area contributed by atoms with Gasteiger partial charge < -0.3 is 10.2 Å². The highest BCUT2D eigenvalue weighted by Crippen LogP contribution is 2.36. The Kier molecular flexibility index (Phi) is 4.94. The fraction of sp³-hybridized carbons (Fsp3) is 0.625. The first kappa shape index (κ1) is 16.3. The van der Waals surface area contributed by atoms with E-state index in [4.69, 9.17) is 0 Å². The molecule has 1 saturated carbocycles. The molecule has 0 aliphatic heterocycles. The third kappa shape index (κ3) is 3.77. The fourth-order valence-corrected chi connectivity index (χ4v) is 3.18. The molecule has 1 aromatic carbocycles. The van der Waals surface area contributed by atoms with Crippen LogP contribution in [0.5, 0.6) is 0 Å². The van der Waals surface area contributed by atoms with E-state index in [1.54, 1.807) is 18.2 Å². The van der Waals surface area contributed by atoms with Crippen molar-refractivity contribution in [3.05, 3.63) is 35.9 Å². The van der Waals surface area contributed by atoms with E-state index in [2.05, 4.69) is 10.2 Å². The summed E-state index contributed by atoms with van der Waals surface area (Å²) < 4.78 is 40.0. The molecule has 0 aromatic heterocycles. The summed E-state index contributed by atoms with van der Waals surface area (Å²) in [6.07, 6.45) is -0.212. The second kappa shape index (κ2) is 6.36. The van der Waals surface area contributed by atoms with Gasteiger partial charge in [0.1, 0.15) is 6.04 Å². The highest BCUT2D eigenvalue weighted by atomic mass is 19.4. The summed E-state index contributed by atoms with van der Waals surface area (Å²) in [5.41, 5.74) is 0.120. The Balaban J connectivity index is 2.13. The number of hydrogen-bond donors (Lipinski definition) is 1. The number of nitrogens with one attached hydrogen (secondary N) is 1. The molecule has 21 heavy (non-hydrogen) atoms. The molecule has 0 heterocycles. The van der Waals surface area contributed by atoms with Crippen molar-refractivity contribution in [3.63, 3.8) is 0 Å². The number of hydrogen-bond acceptors (Lipinski definition) is 2. The number of likely N-dealkylation sites (N-methyl/N-ethyl adjacent to an activating group) is 1. The summed E-state index contributed by atoms with van der Waals surface area (Å²) in [6.45, 7) is 0.360. The van der Waals surface area contributed by atoms with Gasteiger partial charge in [0.05, 0.1) is 0 Å². The van der Waals surface area contributed by atoms with Crippen LogP contribution in [0.3, 0.4) is 0 Å². The maximum Gasteiger partial charge on any atom is 0.407 e. The molecule has 0 spiro atoms. The Morgan fingerprint density at radius 2 is 1.71 bits per heavy atom. The number of alkyl halides is 3. The minimum atomic E-state index is -4.28. The van der Waals surface area contributed by atoms with E-state index >= 15 is 0 Å². The predicted octanol–water partition coefficient (Wildman–Crippen LogP) is 3.75. The summed E-state index contributed by atoms with van der Waals surface area (Å²) in [5.74, 6) is 0. The smallest absolute Gasteiger partial charge is 0.302 e. The van der Waals surface area contributed by atoms with Gasteiger partial charge in [-0.15, -0.1) is 0 Å². The molecule has 2 nitrogen and oxygen atoms in total. The standard InChI is InChI=1S/C16H23F3N2/c1-21(2)15(10-6-7-11-15)12-20-14(16(17,18)19)13-8-4-3-5-9-13/h3-5,8-9,14,20H,6-7,10-12H2,1-2H3. The van der Waals surface area contributed by atoms with Crippen molar-refractivity contribution in [3.8, 4) is 0 Å². The molecule has 1 fully saturated rings. The van der Waals surface area contributed by atoms with Crippen LogP contribution in [0.25, 0.3) is 0 Å². The van der Waals surface area contributed by atoms with Gasteiger partial charge in [0.25, 0.3) is 0 Å². The van der Waals surface area contributed by atoms with Gasteiger partial charge in [-0.05, 0) is 32.5 Å². The van der Waals surface area contributed by atoms with Crippen LogP contribution in [0.1, 0.15) is 37.3 Å². The van der Waals surface area contributed by atoms with Crippen molar-refractivity contribution in [1.29, 1.82) is 0 Å². The lowest BCUT2D eigenvalue weighted by molar-refractivity contribution is -0.159. The first-order chi connectivity index (χ1) is 9.85. The molecule has 1 aliphatic rings. The van der Waals surface area contributed by atoms with Crippen molar-refractivity contribution in [2.75, 3.05) is 20.6 Å². The van der Waals surface area contributed by atoms with E-state index in [0.717, 1.165) is 25.7 Å². The second-order valence-corrected chi connectivity index (χ2v) is 6.09. The Morgan fingerprint density at radius 1 is 1.14 bits per heavy atom. The number of rotatable bonds is 5. The van der Waals surface area contributed by atoms with Crippen LogP contribution in [0.2, 0.25) is 0 Å². The third-order valence-corrected chi connectivity index (χ3v) is 4.58.